The van der Waals surface area contributed by atoms with Crippen molar-refractivity contribution in [2.75, 3.05) is 11.5 Å². The van der Waals surface area contributed by atoms with E-state index in [0.717, 1.165) is 38.1 Å². The molecule has 0 saturated heterocycles. The molecule has 3 aromatic rings. The number of rotatable bonds is 6. The molecular weight excluding hydrogens is 393 g/mol. The number of aromatic nitrogens is 3. The van der Waals surface area contributed by atoms with E-state index >= 15 is 0 Å². The molecule has 0 saturated carbocycles. The second-order valence-corrected chi connectivity index (χ2v) is 8.51. The van der Waals surface area contributed by atoms with Gasteiger partial charge in [-0.1, -0.05) is 52.7 Å². The Hall–Kier alpha value is -1.14. The molecule has 0 aliphatic heterocycles. The number of halogens is 2. The number of benzene rings is 2. The fraction of sp³-hybridized carbons (Fsp3) is 0.222. The number of nitrogens with zero attached hydrogens (tertiary/aromatic N) is 3. The van der Waals surface area contributed by atoms with Crippen LogP contribution >= 0.6 is 46.7 Å². The summed E-state index contributed by atoms with van der Waals surface area (Å²) in [6.07, 6.45) is 0. The average molecular weight is 410 g/mol. The van der Waals surface area contributed by atoms with Crippen LogP contribution in [0.3, 0.4) is 0 Å². The normalized spacial score (nSPS) is 11.0. The summed E-state index contributed by atoms with van der Waals surface area (Å²) in [5.74, 6) is 2.69. The second kappa shape index (κ2) is 8.49. The van der Waals surface area contributed by atoms with Crippen LogP contribution in [-0.4, -0.2) is 26.3 Å². The van der Waals surface area contributed by atoms with Gasteiger partial charge in [-0.25, -0.2) is 0 Å². The van der Waals surface area contributed by atoms with Crippen molar-refractivity contribution in [3.63, 3.8) is 0 Å². The quantitative estimate of drug-likeness (QED) is 0.364. The van der Waals surface area contributed by atoms with Gasteiger partial charge in [-0.05, 0) is 44.2 Å². The van der Waals surface area contributed by atoms with Crippen molar-refractivity contribution in [3.8, 4) is 5.69 Å². The van der Waals surface area contributed by atoms with Crippen molar-refractivity contribution >= 4 is 46.7 Å². The lowest BCUT2D eigenvalue weighted by atomic mass is 10.2. The van der Waals surface area contributed by atoms with E-state index in [2.05, 4.69) is 46.0 Å². The molecular formula is C18H17Cl2N3S2. The molecule has 0 atom stereocenters. The van der Waals surface area contributed by atoms with Gasteiger partial charge in [0.05, 0.1) is 5.02 Å². The SMILES string of the molecule is Cc1ccc(-n2c(C)nnc2SCCSc2cc(Cl)ccc2Cl)cc1. The van der Waals surface area contributed by atoms with Crippen LogP contribution in [0.5, 0.6) is 0 Å². The molecule has 0 amide bonds. The van der Waals surface area contributed by atoms with E-state index in [4.69, 9.17) is 23.2 Å². The van der Waals surface area contributed by atoms with Gasteiger partial charge in [0.1, 0.15) is 5.82 Å². The highest BCUT2D eigenvalue weighted by molar-refractivity contribution is 8.03. The number of hydrogen-bond acceptors (Lipinski definition) is 4. The van der Waals surface area contributed by atoms with E-state index in [1.807, 2.05) is 19.1 Å². The number of thioether (sulfide) groups is 2. The first-order valence-electron chi connectivity index (χ1n) is 7.74. The minimum Gasteiger partial charge on any atom is -0.274 e. The number of aryl methyl sites for hydroxylation is 2. The van der Waals surface area contributed by atoms with Gasteiger partial charge in [-0.3, -0.25) is 4.57 Å². The molecule has 2 aromatic carbocycles. The van der Waals surface area contributed by atoms with E-state index in [1.165, 1.54) is 5.56 Å². The zero-order valence-corrected chi connectivity index (χ0v) is 17.0. The molecule has 25 heavy (non-hydrogen) atoms. The van der Waals surface area contributed by atoms with Gasteiger partial charge in [0.15, 0.2) is 5.16 Å². The Labute approximate surface area is 166 Å². The van der Waals surface area contributed by atoms with Crippen LogP contribution in [0.25, 0.3) is 5.69 Å². The van der Waals surface area contributed by atoms with Crippen LogP contribution in [0.2, 0.25) is 10.0 Å². The molecule has 0 bridgehead atoms. The van der Waals surface area contributed by atoms with E-state index in [0.29, 0.717) is 5.02 Å². The summed E-state index contributed by atoms with van der Waals surface area (Å²) in [4.78, 5) is 1.01. The molecule has 1 aromatic heterocycles. The Morgan fingerprint density at radius 1 is 0.920 bits per heavy atom. The van der Waals surface area contributed by atoms with Gasteiger partial charge in [0, 0.05) is 27.1 Å². The molecule has 130 valence electrons. The standard InChI is InChI=1S/C18H17Cl2N3S2/c1-12-3-6-15(7-4-12)23-13(2)21-22-18(23)25-10-9-24-17-11-14(19)5-8-16(17)20/h3-8,11H,9-10H2,1-2H3. The Morgan fingerprint density at radius 3 is 2.40 bits per heavy atom. The van der Waals surface area contributed by atoms with Crippen LogP contribution < -0.4 is 0 Å². The second-order valence-electron chi connectivity index (χ2n) is 5.47. The molecule has 0 spiro atoms. The molecule has 0 N–H and O–H groups in total. The predicted octanol–water partition coefficient (Wildman–Crippen LogP) is 6.08. The lowest BCUT2D eigenvalue weighted by Crippen LogP contribution is -2.00. The molecule has 0 aliphatic carbocycles. The van der Waals surface area contributed by atoms with Gasteiger partial charge in [-0.15, -0.1) is 22.0 Å². The molecule has 3 rings (SSSR count). The molecule has 0 radical (unpaired) electrons. The van der Waals surface area contributed by atoms with E-state index in [9.17, 15) is 0 Å². The topological polar surface area (TPSA) is 30.7 Å². The minimum atomic E-state index is 0.703. The van der Waals surface area contributed by atoms with Crippen molar-refractivity contribution in [1.82, 2.24) is 14.8 Å². The molecule has 1 heterocycles. The van der Waals surface area contributed by atoms with Crippen molar-refractivity contribution < 1.29 is 0 Å². The average Bonchev–Trinajstić information content (AvgIpc) is 2.96. The summed E-state index contributed by atoms with van der Waals surface area (Å²) in [6.45, 7) is 4.05. The highest BCUT2D eigenvalue weighted by Crippen LogP contribution is 2.31. The van der Waals surface area contributed by atoms with Crippen molar-refractivity contribution in [2.24, 2.45) is 0 Å². The zero-order valence-electron chi connectivity index (χ0n) is 13.9. The van der Waals surface area contributed by atoms with Gasteiger partial charge in [0.2, 0.25) is 0 Å². The van der Waals surface area contributed by atoms with E-state index in [-0.39, 0.29) is 0 Å². The lowest BCUT2D eigenvalue weighted by molar-refractivity contribution is 0.868. The van der Waals surface area contributed by atoms with Gasteiger partial charge in [0.25, 0.3) is 0 Å². The Kier molecular flexibility index (Phi) is 6.34. The molecule has 0 aliphatic rings. The van der Waals surface area contributed by atoms with Crippen LogP contribution in [0.4, 0.5) is 0 Å². The molecule has 7 heteroatoms. The largest absolute Gasteiger partial charge is 0.274 e. The zero-order chi connectivity index (χ0) is 17.8. The highest BCUT2D eigenvalue weighted by atomic mass is 35.5. The fourth-order valence-electron chi connectivity index (χ4n) is 2.30. The summed E-state index contributed by atoms with van der Waals surface area (Å²) >= 11 is 15.6. The van der Waals surface area contributed by atoms with E-state index in [1.54, 1.807) is 29.6 Å². The Morgan fingerprint density at radius 2 is 1.64 bits per heavy atom. The maximum absolute atomic E-state index is 6.20. The fourth-order valence-corrected chi connectivity index (χ4v) is 4.77. The van der Waals surface area contributed by atoms with Crippen LogP contribution in [-0.2, 0) is 0 Å². The monoisotopic (exact) mass is 409 g/mol. The summed E-state index contributed by atoms with van der Waals surface area (Å²) in [5.41, 5.74) is 2.32. The Bertz CT molecular complexity index is 863. The first-order chi connectivity index (χ1) is 12.0. The maximum Gasteiger partial charge on any atom is 0.195 e. The summed E-state index contributed by atoms with van der Waals surface area (Å²) < 4.78 is 2.08. The molecule has 3 nitrogen and oxygen atoms in total. The third kappa shape index (κ3) is 4.73. The van der Waals surface area contributed by atoms with Crippen LogP contribution in [0, 0.1) is 13.8 Å². The first kappa shape index (κ1) is 18.6. The van der Waals surface area contributed by atoms with Crippen molar-refractivity contribution in [1.29, 1.82) is 0 Å². The predicted molar refractivity (Wildman–Crippen MR) is 109 cm³/mol. The summed E-state index contributed by atoms with van der Waals surface area (Å²) in [6, 6.07) is 13.9. The maximum atomic E-state index is 6.20. The third-order valence-corrected chi connectivity index (χ3v) is 6.48. The van der Waals surface area contributed by atoms with Gasteiger partial charge < -0.3 is 0 Å². The van der Waals surface area contributed by atoms with Crippen molar-refractivity contribution in [3.05, 3.63) is 63.9 Å². The smallest absolute Gasteiger partial charge is 0.195 e. The molecule has 0 unspecified atom stereocenters. The number of hydrogen-bond donors (Lipinski definition) is 0. The first-order valence-corrected chi connectivity index (χ1v) is 10.5. The lowest BCUT2D eigenvalue weighted by Gasteiger charge is -2.09. The highest BCUT2D eigenvalue weighted by Gasteiger charge is 2.11. The van der Waals surface area contributed by atoms with Gasteiger partial charge in [-0.2, -0.15) is 0 Å². The van der Waals surface area contributed by atoms with Crippen molar-refractivity contribution in [2.45, 2.75) is 23.9 Å². The van der Waals surface area contributed by atoms with E-state index < -0.39 is 0 Å². The molecule has 0 fully saturated rings. The summed E-state index contributed by atoms with van der Waals surface area (Å²) in [7, 11) is 0. The van der Waals surface area contributed by atoms with Crippen LogP contribution in [0.1, 0.15) is 11.4 Å². The van der Waals surface area contributed by atoms with Crippen LogP contribution in [0.15, 0.2) is 52.5 Å². The van der Waals surface area contributed by atoms with Gasteiger partial charge >= 0.3 is 0 Å². The Balaban J connectivity index is 1.64. The third-order valence-electron chi connectivity index (χ3n) is 3.55. The summed E-state index contributed by atoms with van der Waals surface area (Å²) in [5, 5.41) is 10.9. The minimum absolute atomic E-state index is 0.703.